The number of aryl methyl sites for hydroxylation is 1. The molecule has 1 aliphatic rings. The largest absolute Gasteiger partial charge is 0.512 e. The summed E-state index contributed by atoms with van der Waals surface area (Å²) in [6.07, 6.45) is 4.91. The molecular weight excluding hydrogens is 715 g/mol. The minimum absolute atomic E-state index is 0. The van der Waals surface area contributed by atoms with Gasteiger partial charge in [-0.05, 0) is 43.9 Å². The van der Waals surface area contributed by atoms with Crippen molar-refractivity contribution in [1.29, 1.82) is 0 Å². The first-order valence-corrected chi connectivity index (χ1v) is 18.5. The van der Waals surface area contributed by atoms with Gasteiger partial charge in [0.15, 0.2) is 5.78 Å². The van der Waals surface area contributed by atoms with Gasteiger partial charge in [0.25, 0.3) is 0 Å². The second kappa shape index (κ2) is 14.1. The molecule has 0 fully saturated rings. The van der Waals surface area contributed by atoms with Crippen molar-refractivity contribution in [3.05, 3.63) is 72.0 Å². The zero-order valence-electron chi connectivity index (χ0n) is 26.2. The molecule has 225 valence electrons. The molecule has 42 heavy (non-hydrogen) atoms. The van der Waals surface area contributed by atoms with Crippen molar-refractivity contribution in [3.8, 4) is 22.8 Å². The minimum Gasteiger partial charge on any atom is -0.512 e. The molecule has 0 saturated carbocycles. The Morgan fingerprint density at radius 2 is 1.60 bits per heavy atom. The maximum Gasteiger partial charge on any atom is 0.162 e. The summed E-state index contributed by atoms with van der Waals surface area (Å²) in [5.41, 5.74) is 4.19. The van der Waals surface area contributed by atoms with Crippen LogP contribution in [0.5, 0.6) is 11.5 Å². The number of hydrogen-bond donors (Lipinski definition) is 1. The molecular formula is C36H44IrNO3Si-. The van der Waals surface area contributed by atoms with E-state index in [9.17, 15) is 9.90 Å². The fraction of sp³-hybridized carbons (Fsp3) is 0.389. The predicted octanol–water partition coefficient (Wildman–Crippen LogP) is 9.68. The SMILES string of the molecule is CCC(CC)C(=O)/C=C(\O)C(CC)CC.Cc1c[c-]c2c3c(cccc13)Oc1cc3c([Si](C)(C)C)cccc3nc1-2.[Ir]. The number of aliphatic hydroxyl groups is 1. The van der Waals surface area contributed by atoms with Crippen molar-refractivity contribution in [2.75, 3.05) is 0 Å². The number of pyridine rings is 1. The van der Waals surface area contributed by atoms with Crippen LogP contribution in [0.4, 0.5) is 0 Å². The van der Waals surface area contributed by atoms with Crippen LogP contribution in [0, 0.1) is 24.8 Å². The summed E-state index contributed by atoms with van der Waals surface area (Å²) in [5, 5.41) is 14.7. The van der Waals surface area contributed by atoms with Crippen molar-refractivity contribution in [3.63, 3.8) is 0 Å². The summed E-state index contributed by atoms with van der Waals surface area (Å²) in [6.45, 7) is 17.3. The van der Waals surface area contributed by atoms with Crippen LogP contribution in [-0.4, -0.2) is 23.9 Å². The Labute approximate surface area is 266 Å². The van der Waals surface area contributed by atoms with Crippen LogP contribution in [0.25, 0.3) is 32.9 Å². The number of rotatable bonds is 8. The molecule has 3 aromatic carbocycles. The zero-order chi connectivity index (χ0) is 29.9. The molecule has 1 N–H and O–H groups in total. The molecule has 0 aliphatic carbocycles. The molecule has 4 nitrogen and oxygen atoms in total. The average Bonchev–Trinajstić information content (AvgIpc) is 2.94. The van der Waals surface area contributed by atoms with E-state index in [1.165, 1.54) is 27.6 Å². The number of nitrogens with zero attached hydrogens (tertiary/aromatic N) is 1. The molecule has 5 rings (SSSR count). The molecule has 1 radical (unpaired) electrons. The molecule has 0 amide bonds. The van der Waals surface area contributed by atoms with Gasteiger partial charge in [-0.15, -0.1) is 23.3 Å². The number of fused-ring (bicyclic) bond motifs is 3. The Bertz CT molecular complexity index is 1600. The van der Waals surface area contributed by atoms with Crippen LogP contribution in [0.3, 0.4) is 0 Å². The first-order valence-electron chi connectivity index (χ1n) is 15.0. The molecule has 1 aliphatic heterocycles. The van der Waals surface area contributed by atoms with Crippen LogP contribution in [0.2, 0.25) is 19.6 Å². The molecule has 4 aromatic rings. The van der Waals surface area contributed by atoms with E-state index < -0.39 is 8.07 Å². The Balaban J connectivity index is 0.000000263. The number of carbonyl (C=O) groups excluding carboxylic acids is 1. The van der Waals surface area contributed by atoms with Gasteiger partial charge in [0.2, 0.25) is 0 Å². The summed E-state index contributed by atoms with van der Waals surface area (Å²) in [7, 11) is -1.47. The van der Waals surface area contributed by atoms with Gasteiger partial charge in [-0.1, -0.05) is 94.5 Å². The van der Waals surface area contributed by atoms with Gasteiger partial charge in [0.1, 0.15) is 5.75 Å². The summed E-state index contributed by atoms with van der Waals surface area (Å²) in [6, 6.07) is 20.4. The summed E-state index contributed by atoms with van der Waals surface area (Å²) < 4.78 is 6.31. The smallest absolute Gasteiger partial charge is 0.162 e. The first-order chi connectivity index (χ1) is 19.5. The monoisotopic (exact) mass is 759 g/mol. The van der Waals surface area contributed by atoms with E-state index in [-0.39, 0.29) is 43.5 Å². The molecule has 0 bridgehead atoms. The summed E-state index contributed by atoms with van der Waals surface area (Å²) in [4.78, 5) is 16.7. The second-order valence-corrected chi connectivity index (χ2v) is 17.1. The van der Waals surface area contributed by atoms with Crippen molar-refractivity contribution in [2.45, 2.75) is 79.9 Å². The van der Waals surface area contributed by atoms with Gasteiger partial charge in [-0.25, -0.2) is 0 Å². The van der Waals surface area contributed by atoms with Gasteiger partial charge in [-0.2, -0.15) is 0 Å². The van der Waals surface area contributed by atoms with Crippen molar-refractivity contribution in [2.24, 2.45) is 11.8 Å². The summed E-state index contributed by atoms with van der Waals surface area (Å²) in [5.74, 6) is 2.28. The van der Waals surface area contributed by atoms with Gasteiger partial charge in [0, 0.05) is 49.1 Å². The third-order valence-corrected chi connectivity index (χ3v) is 10.4. The number of hydrogen-bond acceptors (Lipinski definition) is 4. The van der Waals surface area contributed by atoms with Crippen molar-refractivity contribution >= 4 is 40.7 Å². The van der Waals surface area contributed by atoms with E-state index in [1.54, 1.807) is 0 Å². The Morgan fingerprint density at radius 1 is 0.952 bits per heavy atom. The van der Waals surface area contributed by atoms with E-state index in [0.29, 0.717) is 0 Å². The number of aliphatic hydroxyl groups excluding tert-OH is 1. The number of allylic oxidation sites excluding steroid dienone is 2. The van der Waals surface area contributed by atoms with E-state index in [2.05, 4.69) is 75.1 Å². The minimum atomic E-state index is -1.47. The quantitative estimate of drug-likeness (QED) is 0.0742. The summed E-state index contributed by atoms with van der Waals surface area (Å²) >= 11 is 0. The van der Waals surface area contributed by atoms with Crippen LogP contribution >= 0.6 is 0 Å². The second-order valence-electron chi connectivity index (χ2n) is 12.1. The van der Waals surface area contributed by atoms with E-state index in [0.717, 1.165) is 59.3 Å². The number of ketones is 1. The maximum atomic E-state index is 11.7. The standard InChI is InChI=1S/C23H20NOSi.C13H24O2.Ir/c1-14-11-12-16-22-15(14)7-5-9-19(22)25-20-13-17-18(24-23(16)20)8-6-10-21(17)26(2,3)4;1-5-10(6-2)12(14)9-13(15)11(7-3)8-4;/h5-11,13H,1-4H3;9-11,14H,5-8H2,1-4H3;/q-1;;/b;12-9-;. The van der Waals surface area contributed by atoms with Crippen molar-refractivity contribution < 1.29 is 34.7 Å². The normalized spacial score (nSPS) is 12.5. The first kappa shape index (κ1) is 33.7. The van der Waals surface area contributed by atoms with Gasteiger partial charge >= 0.3 is 0 Å². The number of aromatic nitrogens is 1. The van der Waals surface area contributed by atoms with Gasteiger partial charge in [-0.3, -0.25) is 9.78 Å². The fourth-order valence-electron chi connectivity index (χ4n) is 5.71. The van der Waals surface area contributed by atoms with E-state index in [1.807, 2.05) is 33.8 Å². The average molecular weight is 759 g/mol. The maximum absolute atomic E-state index is 11.7. The van der Waals surface area contributed by atoms with Crippen LogP contribution < -0.4 is 9.92 Å². The number of benzene rings is 3. The Hall–Kier alpha value is -2.79. The molecule has 1 aromatic heterocycles. The third-order valence-electron chi connectivity index (χ3n) is 8.30. The fourth-order valence-corrected chi connectivity index (χ4v) is 7.31. The van der Waals surface area contributed by atoms with Crippen LogP contribution in [0.15, 0.2) is 60.4 Å². The number of carbonyl (C=O) groups is 1. The molecule has 0 saturated heterocycles. The van der Waals surface area contributed by atoms with Gasteiger partial charge < -0.3 is 9.84 Å². The topological polar surface area (TPSA) is 59.4 Å². The molecule has 6 heteroatoms. The number of ether oxygens (including phenoxy) is 1. The predicted molar refractivity (Wildman–Crippen MR) is 175 cm³/mol. The van der Waals surface area contributed by atoms with E-state index in [4.69, 9.17) is 9.72 Å². The third kappa shape index (κ3) is 6.88. The van der Waals surface area contributed by atoms with Crippen LogP contribution in [0.1, 0.15) is 58.9 Å². The zero-order valence-corrected chi connectivity index (χ0v) is 29.6. The Kier molecular flexibility index (Phi) is 11.3. The van der Waals surface area contributed by atoms with Crippen LogP contribution in [-0.2, 0) is 24.9 Å². The van der Waals surface area contributed by atoms with Gasteiger partial charge in [0.05, 0.1) is 25.1 Å². The molecule has 0 unspecified atom stereocenters. The molecule has 0 spiro atoms. The molecule has 0 atom stereocenters. The Morgan fingerprint density at radius 3 is 2.21 bits per heavy atom. The van der Waals surface area contributed by atoms with Crippen molar-refractivity contribution in [1.82, 2.24) is 4.98 Å². The molecule has 2 heterocycles. The van der Waals surface area contributed by atoms with E-state index >= 15 is 0 Å².